The summed E-state index contributed by atoms with van der Waals surface area (Å²) in [5.41, 5.74) is 9.55. The Labute approximate surface area is 133 Å². The molecule has 0 aliphatic heterocycles. The zero-order valence-corrected chi connectivity index (χ0v) is 13.6. The second-order valence-corrected chi connectivity index (χ2v) is 5.97. The standard InChI is InChI=1S/C17H19BrN2O/c1-12-8-15(10-16(18)9-12)17(21)20-11-14-4-2-13(3-5-14)6-7-19/h2-5,8-10H,6-7,11,19H2,1H3,(H,20,21). The minimum atomic E-state index is -0.0644. The molecule has 3 N–H and O–H groups in total. The van der Waals surface area contributed by atoms with Crippen LogP contribution >= 0.6 is 15.9 Å². The fourth-order valence-electron chi connectivity index (χ4n) is 2.14. The first-order chi connectivity index (χ1) is 10.1. The van der Waals surface area contributed by atoms with Crippen LogP contribution < -0.4 is 11.1 Å². The van der Waals surface area contributed by atoms with Crippen LogP contribution in [0, 0.1) is 6.92 Å². The fourth-order valence-corrected chi connectivity index (χ4v) is 2.75. The Hall–Kier alpha value is -1.65. The van der Waals surface area contributed by atoms with Crippen molar-refractivity contribution in [3.8, 4) is 0 Å². The third-order valence-corrected chi connectivity index (χ3v) is 3.67. The molecule has 0 saturated heterocycles. The second-order valence-electron chi connectivity index (χ2n) is 5.06. The van der Waals surface area contributed by atoms with Gasteiger partial charge in [0.05, 0.1) is 0 Å². The highest BCUT2D eigenvalue weighted by Crippen LogP contribution is 2.15. The number of benzene rings is 2. The summed E-state index contributed by atoms with van der Waals surface area (Å²) in [6.07, 6.45) is 0.879. The number of hydrogen-bond donors (Lipinski definition) is 2. The van der Waals surface area contributed by atoms with Gasteiger partial charge in [0, 0.05) is 16.6 Å². The highest BCUT2D eigenvalue weighted by Gasteiger charge is 2.06. The largest absolute Gasteiger partial charge is 0.348 e. The molecule has 0 fully saturated rings. The van der Waals surface area contributed by atoms with Gasteiger partial charge in [-0.2, -0.15) is 0 Å². The smallest absolute Gasteiger partial charge is 0.251 e. The van der Waals surface area contributed by atoms with Crippen LogP contribution in [0.5, 0.6) is 0 Å². The van der Waals surface area contributed by atoms with E-state index in [1.807, 2.05) is 37.3 Å². The maximum Gasteiger partial charge on any atom is 0.251 e. The van der Waals surface area contributed by atoms with E-state index in [-0.39, 0.29) is 5.91 Å². The predicted octanol–water partition coefficient (Wildman–Crippen LogP) is 3.19. The summed E-state index contributed by atoms with van der Waals surface area (Å²) in [6.45, 7) is 3.14. The van der Waals surface area contributed by atoms with Gasteiger partial charge in [-0.1, -0.05) is 40.2 Å². The highest BCUT2D eigenvalue weighted by atomic mass is 79.9. The fraction of sp³-hybridized carbons (Fsp3) is 0.235. The number of nitrogens with two attached hydrogens (primary N) is 1. The van der Waals surface area contributed by atoms with Crippen molar-refractivity contribution in [2.75, 3.05) is 6.54 Å². The Kier molecular flexibility index (Phi) is 5.53. The normalized spacial score (nSPS) is 10.4. The van der Waals surface area contributed by atoms with Gasteiger partial charge in [0.15, 0.2) is 0 Å². The minimum absolute atomic E-state index is 0.0644. The molecule has 1 amide bonds. The van der Waals surface area contributed by atoms with Crippen LogP contribution in [0.1, 0.15) is 27.0 Å². The first-order valence-electron chi connectivity index (χ1n) is 6.92. The number of halogens is 1. The molecule has 0 aliphatic rings. The topological polar surface area (TPSA) is 55.1 Å². The molecule has 0 radical (unpaired) electrons. The van der Waals surface area contributed by atoms with Crippen LogP contribution in [-0.4, -0.2) is 12.5 Å². The quantitative estimate of drug-likeness (QED) is 0.873. The lowest BCUT2D eigenvalue weighted by Gasteiger charge is -2.08. The first-order valence-corrected chi connectivity index (χ1v) is 7.71. The number of carbonyl (C=O) groups is 1. The number of rotatable bonds is 5. The van der Waals surface area contributed by atoms with E-state index in [1.54, 1.807) is 0 Å². The molecular weight excluding hydrogens is 328 g/mol. The zero-order valence-electron chi connectivity index (χ0n) is 12.0. The molecule has 0 heterocycles. The molecule has 0 spiro atoms. The van der Waals surface area contributed by atoms with E-state index in [4.69, 9.17) is 5.73 Å². The average Bonchev–Trinajstić information content (AvgIpc) is 2.45. The molecule has 0 bridgehead atoms. The summed E-state index contributed by atoms with van der Waals surface area (Å²) in [7, 11) is 0. The highest BCUT2D eigenvalue weighted by molar-refractivity contribution is 9.10. The Morgan fingerprint density at radius 2 is 1.81 bits per heavy atom. The molecule has 110 valence electrons. The zero-order chi connectivity index (χ0) is 15.2. The summed E-state index contributed by atoms with van der Waals surface area (Å²) < 4.78 is 0.916. The summed E-state index contributed by atoms with van der Waals surface area (Å²) in [5, 5.41) is 2.94. The number of amides is 1. The van der Waals surface area contributed by atoms with E-state index in [2.05, 4.69) is 33.4 Å². The molecule has 0 unspecified atom stereocenters. The van der Waals surface area contributed by atoms with Crippen molar-refractivity contribution in [2.24, 2.45) is 5.73 Å². The van der Waals surface area contributed by atoms with Gasteiger partial charge in [0.2, 0.25) is 0 Å². The molecule has 3 nitrogen and oxygen atoms in total. The van der Waals surface area contributed by atoms with Crippen molar-refractivity contribution >= 4 is 21.8 Å². The monoisotopic (exact) mass is 346 g/mol. The van der Waals surface area contributed by atoms with E-state index >= 15 is 0 Å². The predicted molar refractivity (Wildman–Crippen MR) is 89.2 cm³/mol. The van der Waals surface area contributed by atoms with Gasteiger partial charge in [-0.3, -0.25) is 4.79 Å². The maximum atomic E-state index is 12.1. The van der Waals surface area contributed by atoms with Crippen molar-refractivity contribution in [3.05, 3.63) is 69.2 Å². The molecule has 2 rings (SSSR count). The maximum absolute atomic E-state index is 12.1. The van der Waals surface area contributed by atoms with Gasteiger partial charge < -0.3 is 11.1 Å². The van der Waals surface area contributed by atoms with Gasteiger partial charge >= 0.3 is 0 Å². The Morgan fingerprint density at radius 3 is 2.43 bits per heavy atom. The molecule has 0 atom stereocenters. The van der Waals surface area contributed by atoms with Crippen molar-refractivity contribution < 1.29 is 4.79 Å². The van der Waals surface area contributed by atoms with E-state index < -0.39 is 0 Å². The number of hydrogen-bond acceptors (Lipinski definition) is 2. The molecule has 0 aliphatic carbocycles. The van der Waals surface area contributed by atoms with Crippen LogP contribution in [0.3, 0.4) is 0 Å². The van der Waals surface area contributed by atoms with E-state index in [0.717, 1.165) is 22.0 Å². The van der Waals surface area contributed by atoms with E-state index in [1.165, 1.54) is 5.56 Å². The SMILES string of the molecule is Cc1cc(Br)cc(C(=O)NCc2ccc(CCN)cc2)c1. The first kappa shape index (κ1) is 15.7. The number of nitrogens with one attached hydrogen (secondary N) is 1. The number of carbonyl (C=O) groups excluding carboxylic acids is 1. The molecule has 0 saturated carbocycles. The third kappa shape index (κ3) is 4.69. The summed E-state index contributed by atoms with van der Waals surface area (Å²) in [5.74, 6) is -0.0644. The lowest BCUT2D eigenvalue weighted by Crippen LogP contribution is -2.22. The molecule has 4 heteroatoms. The average molecular weight is 347 g/mol. The number of aryl methyl sites for hydroxylation is 1. The Bertz CT molecular complexity index is 603. The summed E-state index contributed by atoms with van der Waals surface area (Å²) in [6, 6.07) is 13.8. The third-order valence-electron chi connectivity index (χ3n) is 3.21. The molecular formula is C17H19BrN2O. The van der Waals surface area contributed by atoms with Crippen molar-refractivity contribution in [2.45, 2.75) is 19.9 Å². The summed E-state index contributed by atoms with van der Waals surface area (Å²) >= 11 is 3.41. The van der Waals surface area contributed by atoms with Crippen LogP contribution in [0.4, 0.5) is 0 Å². The van der Waals surface area contributed by atoms with Gasteiger partial charge in [0.1, 0.15) is 0 Å². The van der Waals surface area contributed by atoms with Crippen LogP contribution in [0.25, 0.3) is 0 Å². The van der Waals surface area contributed by atoms with Gasteiger partial charge in [-0.25, -0.2) is 0 Å². The second kappa shape index (κ2) is 7.38. The van der Waals surface area contributed by atoms with Crippen molar-refractivity contribution in [3.63, 3.8) is 0 Å². The van der Waals surface area contributed by atoms with Crippen molar-refractivity contribution in [1.29, 1.82) is 0 Å². The summed E-state index contributed by atoms with van der Waals surface area (Å²) in [4.78, 5) is 12.1. The van der Waals surface area contributed by atoms with Crippen LogP contribution in [-0.2, 0) is 13.0 Å². The van der Waals surface area contributed by atoms with Crippen LogP contribution in [0.2, 0.25) is 0 Å². The van der Waals surface area contributed by atoms with E-state index in [0.29, 0.717) is 18.7 Å². The molecule has 2 aromatic rings. The van der Waals surface area contributed by atoms with Crippen LogP contribution in [0.15, 0.2) is 46.9 Å². The van der Waals surface area contributed by atoms with Gasteiger partial charge in [-0.15, -0.1) is 0 Å². The molecule has 2 aromatic carbocycles. The Balaban J connectivity index is 1.97. The van der Waals surface area contributed by atoms with Gasteiger partial charge in [-0.05, 0) is 54.8 Å². The molecule has 21 heavy (non-hydrogen) atoms. The van der Waals surface area contributed by atoms with Crippen molar-refractivity contribution in [1.82, 2.24) is 5.32 Å². The lowest BCUT2D eigenvalue weighted by atomic mass is 10.1. The van der Waals surface area contributed by atoms with E-state index in [9.17, 15) is 4.79 Å². The minimum Gasteiger partial charge on any atom is -0.348 e. The Morgan fingerprint density at radius 1 is 1.14 bits per heavy atom. The van der Waals surface area contributed by atoms with Gasteiger partial charge in [0.25, 0.3) is 5.91 Å². The molecule has 0 aromatic heterocycles. The lowest BCUT2D eigenvalue weighted by molar-refractivity contribution is 0.0951.